The Morgan fingerprint density at radius 3 is 2.43 bits per heavy atom. The van der Waals surface area contributed by atoms with Crippen LogP contribution in [0.3, 0.4) is 0 Å². The summed E-state index contributed by atoms with van der Waals surface area (Å²) in [6, 6.07) is 3.26. The molecule has 0 unspecified atom stereocenters. The quantitative estimate of drug-likeness (QED) is 0.803. The van der Waals surface area contributed by atoms with Gasteiger partial charge in [0.1, 0.15) is 5.75 Å². The van der Waals surface area contributed by atoms with E-state index in [1.165, 1.54) is 13.2 Å². The van der Waals surface area contributed by atoms with E-state index in [1.807, 2.05) is 0 Å². The van der Waals surface area contributed by atoms with E-state index in [-0.39, 0.29) is 12.3 Å². The number of ether oxygens (including phenoxy) is 1. The summed E-state index contributed by atoms with van der Waals surface area (Å²) in [6.45, 7) is 0.154. The number of methoxy groups -OCH3 is 1. The van der Waals surface area contributed by atoms with Gasteiger partial charge in [-0.1, -0.05) is 6.07 Å². The topological polar surface area (TPSA) is 35.2 Å². The Morgan fingerprint density at radius 1 is 1.36 bits per heavy atom. The molecule has 14 heavy (non-hydrogen) atoms. The van der Waals surface area contributed by atoms with Gasteiger partial charge in [0.15, 0.2) is 0 Å². The smallest absolute Gasteiger partial charge is 0.416 e. The van der Waals surface area contributed by atoms with Crippen molar-refractivity contribution in [2.75, 3.05) is 7.11 Å². The van der Waals surface area contributed by atoms with Crippen molar-refractivity contribution < 1.29 is 17.9 Å². The summed E-state index contributed by atoms with van der Waals surface area (Å²) < 4.78 is 41.6. The third-order valence-corrected chi connectivity index (χ3v) is 1.83. The van der Waals surface area contributed by atoms with E-state index in [9.17, 15) is 13.2 Å². The average molecular weight is 205 g/mol. The van der Waals surface area contributed by atoms with Crippen LogP contribution in [0.2, 0.25) is 0 Å². The molecular formula is C9H10F3NO. The molecular weight excluding hydrogens is 195 g/mol. The largest absolute Gasteiger partial charge is 0.496 e. The normalized spacial score (nSPS) is 11.5. The predicted molar refractivity (Wildman–Crippen MR) is 45.9 cm³/mol. The van der Waals surface area contributed by atoms with Gasteiger partial charge in [0.25, 0.3) is 0 Å². The highest BCUT2D eigenvalue weighted by Gasteiger charge is 2.31. The van der Waals surface area contributed by atoms with Gasteiger partial charge in [-0.25, -0.2) is 0 Å². The molecule has 0 saturated heterocycles. The van der Waals surface area contributed by atoms with Gasteiger partial charge in [0, 0.05) is 12.1 Å². The molecule has 5 heteroatoms. The second-order valence-electron chi connectivity index (χ2n) is 2.73. The highest BCUT2D eigenvalue weighted by atomic mass is 19.4. The fraction of sp³-hybridized carbons (Fsp3) is 0.333. The van der Waals surface area contributed by atoms with Crippen molar-refractivity contribution in [1.29, 1.82) is 0 Å². The van der Waals surface area contributed by atoms with Crippen LogP contribution in [0.4, 0.5) is 13.2 Å². The van der Waals surface area contributed by atoms with Gasteiger partial charge in [-0.3, -0.25) is 0 Å². The lowest BCUT2D eigenvalue weighted by molar-refractivity contribution is -0.137. The summed E-state index contributed by atoms with van der Waals surface area (Å²) in [5, 5.41) is 0. The number of nitrogens with two attached hydrogens (primary N) is 1. The Kier molecular flexibility index (Phi) is 3.00. The molecule has 0 bridgehead atoms. The molecule has 0 radical (unpaired) electrons. The van der Waals surface area contributed by atoms with Crippen molar-refractivity contribution in [3.63, 3.8) is 0 Å². The molecule has 2 N–H and O–H groups in total. The molecule has 0 aliphatic carbocycles. The molecule has 78 valence electrons. The standard InChI is InChI=1S/C9H10F3NO/c1-14-8-4-7(9(10,11)12)3-2-6(8)5-13/h2-4H,5,13H2,1H3. The van der Waals surface area contributed by atoms with E-state index in [2.05, 4.69) is 0 Å². The lowest BCUT2D eigenvalue weighted by atomic mass is 10.1. The maximum absolute atomic E-state index is 12.3. The first-order valence-corrected chi connectivity index (χ1v) is 3.93. The van der Waals surface area contributed by atoms with Crippen LogP contribution in [-0.4, -0.2) is 7.11 Å². The minimum absolute atomic E-state index is 0.154. The molecule has 0 aliphatic heterocycles. The fourth-order valence-corrected chi connectivity index (χ4v) is 1.09. The minimum atomic E-state index is -4.35. The van der Waals surface area contributed by atoms with E-state index in [0.717, 1.165) is 12.1 Å². The Morgan fingerprint density at radius 2 is 2.00 bits per heavy atom. The first-order valence-electron chi connectivity index (χ1n) is 3.93. The molecule has 1 aromatic carbocycles. The Bertz CT molecular complexity index is 322. The molecule has 2 nitrogen and oxygen atoms in total. The maximum atomic E-state index is 12.3. The highest BCUT2D eigenvalue weighted by Crippen LogP contribution is 2.32. The SMILES string of the molecule is COc1cc(C(F)(F)F)ccc1CN. The second kappa shape index (κ2) is 3.88. The molecule has 0 amide bonds. The van der Waals surface area contributed by atoms with Crippen molar-refractivity contribution in [3.05, 3.63) is 29.3 Å². The van der Waals surface area contributed by atoms with Gasteiger partial charge in [0.2, 0.25) is 0 Å². The summed E-state index contributed by atoms with van der Waals surface area (Å²) in [7, 11) is 1.31. The molecule has 1 rings (SSSR count). The zero-order chi connectivity index (χ0) is 10.8. The van der Waals surface area contributed by atoms with Gasteiger partial charge >= 0.3 is 6.18 Å². The monoisotopic (exact) mass is 205 g/mol. The summed E-state index contributed by atoms with van der Waals surface area (Å²) in [6.07, 6.45) is -4.35. The van der Waals surface area contributed by atoms with Crippen molar-refractivity contribution >= 4 is 0 Å². The number of hydrogen-bond donors (Lipinski definition) is 1. The van der Waals surface area contributed by atoms with E-state index in [4.69, 9.17) is 10.5 Å². The maximum Gasteiger partial charge on any atom is 0.416 e. The van der Waals surface area contributed by atoms with E-state index < -0.39 is 11.7 Å². The highest BCUT2D eigenvalue weighted by molar-refractivity contribution is 5.38. The zero-order valence-corrected chi connectivity index (χ0v) is 7.56. The van der Waals surface area contributed by atoms with Gasteiger partial charge in [0.05, 0.1) is 12.7 Å². The lowest BCUT2D eigenvalue weighted by Gasteiger charge is -2.11. The molecule has 0 aromatic heterocycles. The Hall–Kier alpha value is -1.23. The van der Waals surface area contributed by atoms with Crippen LogP contribution in [0, 0.1) is 0 Å². The van der Waals surface area contributed by atoms with Crippen LogP contribution < -0.4 is 10.5 Å². The third-order valence-electron chi connectivity index (χ3n) is 1.83. The van der Waals surface area contributed by atoms with Gasteiger partial charge in [-0.05, 0) is 12.1 Å². The zero-order valence-electron chi connectivity index (χ0n) is 7.56. The number of halogens is 3. The summed E-state index contributed by atoms with van der Waals surface area (Å²) >= 11 is 0. The van der Waals surface area contributed by atoms with Crippen molar-refractivity contribution in [1.82, 2.24) is 0 Å². The van der Waals surface area contributed by atoms with Crippen LogP contribution in [0.25, 0.3) is 0 Å². The van der Waals surface area contributed by atoms with Crippen LogP contribution in [0.5, 0.6) is 5.75 Å². The first-order chi connectivity index (χ1) is 6.49. The van der Waals surface area contributed by atoms with Gasteiger partial charge in [-0.15, -0.1) is 0 Å². The van der Waals surface area contributed by atoms with Crippen LogP contribution >= 0.6 is 0 Å². The van der Waals surface area contributed by atoms with Gasteiger partial charge in [-0.2, -0.15) is 13.2 Å². The molecule has 0 aliphatic rings. The van der Waals surface area contributed by atoms with Crippen molar-refractivity contribution in [2.45, 2.75) is 12.7 Å². The minimum Gasteiger partial charge on any atom is -0.496 e. The number of benzene rings is 1. The molecule has 0 spiro atoms. The summed E-state index contributed by atoms with van der Waals surface area (Å²) in [5.74, 6) is 0.169. The van der Waals surface area contributed by atoms with E-state index in [0.29, 0.717) is 5.56 Å². The molecule has 0 fully saturated rings. The molecule has 0 heterocycles. The Balaban J connectivity index is 3.14. The Labute approximate surface area is 79.5 Å². The van der Waals surface area contributed by atoms with Crippen molar-refractivity contribution in [2.24, 2.45) is 5.73 Å². The van der Waals surface area contributed by atoms with Crippen molar-refractivity contribution in [3.8, 4) is 5.75 Å². The summed E-state index contributed by atoms with van der Waals surface area (Å²) in [5.41, 5.74) is 5.15. The average Bonchev–Trinajstić information content (AvgIpc) is 2.15. The van der Waals surface area contributed by atoms with Crippen LogP contribution in [0.1, 0.15) is 11.1 Å². The molecule has 0 atom stereocenters. The van der Waals surface area contributed by atoms with Gasteiger partial charge < -0.3 is 10.5 Å². The second-order valence-corrected chi connectivity index (χ2v) is 2.73. The number of alkyl halides is 3. The molecule has 1 aromatic rings. The van der Waals surface area contributed by atoms with E-state index >= 15 is 0 Å². The number of rotatable bonds is 2. The fourth-order valence-electron chi connectivity index (χ4n) is 1.09. The van der Waals surface area contributed by atoms with Crippen LogP contribution in [0.15, 0.2) is 18.2 Å². The predicted octanol–water partition coefficient (Wildman–Crippen LogP) is 2.17. The third kappa shape index (κ3) is 2.17. The lowest BCUT2D eigenvalue weighted by Crippen LogP contribution is -2.07. The number of hydrogen-bond acceptors (Lipinski definition) is 2. The summed E-state index contributed by atoms with van der Waals surface area (Å²) in [4.78, 5) is 0. The first kappa shape index (κ1) is 10.8. The van der Waals surface area contributed by atoms with E-state index in [1.54, 1.807) is 0 Å². The molecule has 0 saturated carbocycles. The van der Waals surface area contributed by atoms with Crippen LogP contribution in [-0.2, 0) is 12.7 Å².